The number of fused-ring (bicyclic) bond motifs is 4. The van der Waals surface area contributed by atoms with Gasteiger partial charge in [-0.3, -0.25) is 0 Å². The van der Waals surface area contributed by atoms with Crippen LogP contribution in [0.3, 0.4) is 0 Å². The second-order valence-corrected chi connectivity index (χ2v) is 8.86. The van der Waals surface area contributed by atoms with Gasteiger partial charge in [0.05, 0.1) is 0 Å². The van der Waals surface area contributed by atoms with Crippen molar-refractivity contribution in [1.29, 1.82) is 0 Å². The molecule has 4 rings (SSSR count). The highest BCUT2D eigenvalue weighted by molar-refractivity contribution is 5.05. The molecule has 0 aliphatic carbocycles. The van der Waals surface area contributed by atoms with Gasteiger partial charge in [-0.25, -0.2) is 0 Å². The molecule has 120 valence electrons. The van der Waals surface area contributed by atoms with Gasteiger partial charge in [-0.1, -0.05) is 20.3 Å². The first-order valence-corrected chi connectivity index (χ1v) is 9.51. The van der Waals surface area contributed by atoms with Gasteiger partial charge in [0.15, 0.2) is 0 Å². The van der Waals surface area contributed by atoms with Crippen molar-refractivity contribution in [2.45, 2.75) is 83.0 Å². The van der Waals surface area contributed by atoms with Gasteiger partial charge in [0.2, 0.25) is 0 Å². The van der Waals surface area contributed by atoms with E-state index < -0.39 is 0 Å². The summed E-state index contributed by atoms with van der Waals surface area (Å²) in [6.45, 7) is 5.15. The van der Waals surface area contributed by atoms with Gasteiger partial charge in [-0.05, 0) is 76.3 Å². The van der Waals surface area contributed by atoms with E-state index in [1.165, 1.54) is 44.9 Å². The molecule has 0 aromatic heterocycles. The van der Waals surface area contributed by atoms with E-state index >= 15 is 0 Å². The van der Waals surface area contributed by atoms with Crippen molar-refractivity contribution in [1.82, 2.24) is 9.80 Å². The molecule has 0 saturated carbocycles. The van der Waals surface area contributed by atoms with Crippen molar-refractivity contribution in [3.63, 3.8) is 0 Å². The molecule has 0 spiro atoms. The lowest BCUT2D eigenvalue weighted by Crippen LogP contribution is -2.60. The molecule has 8 unspecified atom stereocenters. The fraction of sp³-hybridized carbons (Fsp3) is 1.00. The Morgan fingerprint density at radius 1 is 0.667 bits per heavy atom. The number of hydrogen-bond donors (Lipinski definition) is 0. The van der Waals surface area contributed by atoms with Crippen LogP contribution in [0.4, 0.5) is 0 Å². The molecule has 0 aromatic carbocycles. The molecule has 8 atom stereocenters. The maximum Gasteiger partial charge on any atom is 0.0130 e. The monoisotopic (exact) mass is 290 g/mol. The minimum Gasteiger partial charge on any atom is -0.300 e. The quantitative estimate of drug-likeness (QED) is 0.728. The SMILES string of the molecule is CC1CC2CCCC(C1C1C(C)CC3CCC1N3C)N2C. The molecular weight excluding hydrogens is 256 g/mol. The van der Waals surface area contributed by atoms with Crippen LogP contribution in [0.5, 0.6) is 0 Å². The average molecular weight is 290 g/mol. The van der Waals surface area contributed by atoms with Crippen LogP contribution in [-0.4, -0.2) is 48.1 Å². The lowest BCUT2D eigenvalue weighted by molar-refractivity contribution is -0.0757. The second kappa shape index (κ2) is 5.23. The normalized spacial score (nSPS) is 54.9. The van der Waals surface area contributed by atoms with Crippen molar-refractivity contribution in [3.8, 4) is 0 Å². The van der Waals surface area contributed by atoms with Crippen LogP contribution < -0.4 is 0 Å². The zero-order chi connectivity index (χ0) is 14.7. The van der Waals surface area contributed by atoms with E-state index in [0.717, 1.165) is 47.8 Å². The van der Waals surface area contributed by atoms with Crippen LogP contribution in [0, 0.1) is 23.7 Å². The molecule has 0 radical (unpaired) electrons. The summed E-state index contributed by atoms with van der Waals surface area (Å²) in [5, 5.41) is 0. The van der Waals surface area contributed by atoms with Crippen LogP contribution in [-0.2, 0) is 0 Å². The molecular formula is C19H34N2. The first kappa shape index (κ1) is 14.5. The summed E-state index contributed by atoms with van der Waals surface area (Å²) in [6, 6.07) is 3.56. The Hall–Kier alpha value is -0.0800. The standard InChI is InChI=1S/C19H34N2/c1-12-10-14-6-5-7-16(20(14)3)18(12)19-13(2)11-15-8-9-17(19)21(15)4/h12-19H,5-11H2,1-4H3. The highest BCUT2D eigenvalue weighted by atomic mass is 15.2. The topological polar surface area (TPSA) is 6.48 Å². The zero-order valence-electron chi connectivity index (χ0n) is 14.5. The highest BCUT2D eigenvalue weighted by Gasteiger charge is 2.52. The van der Waals surface area contributed by atoms with E-state index in [2.05, 4.69) is 37.7 Å². The number of hydrogen-bond acceptors (Lipinski definition) is 2. The van der Waals surface area contributed by atoms with Gasteiger partial charge in [0, 0.05) is 24.2 Å². The van der Waals surface area contributed by atoms with Crippen LogP contribution in [0.15, 0.2) is 0 Å². The fourth-order valence-electron chi connectivity index (χ4n) is 6.98. The largest absolute Gasteiger partial charge is 0.300 e. The first-order valence-electron chi connectivity index (χ1n) is 9.51. The van der Waals surface area contributed by atoms with Gasteiger partial charge in [-0.15, -0.1) is 0 Å². The lowest BCUT2D eigenvalue weighted by Gasteiger charge is -2.57. The molecule has 4 aliphatic rings. The molecule has 4 bridgehead atoms. The summed E-state index contributed by atoms with van der Waals surface area (Å²) in [5.74, 6) is 3.79. The molecule has 2 nitrogen and oxygen atoms in total. The Bertz CT molecular complexity index is 395. The highest BCUT2D eigenvalue weighted by Crippen LogP contribution is 2.51. The zero-order valence-corrected chi connectivity index (χ0v) is 14.5. The average Bonchev–Trinajstić information content (AvgIpc) is 2.67. The number of rotatable bonds is 1. The molecule has 2 heteroatoms. The second-order valence-electron chi connectivity index (χ2n) is 8.86. The molecule has 4 aliphatic heterocycles. The van der Waals surface area contributed by atoms with Crippen LogP contribution in [0.2, 0.25) is 0 Å². The molecule has 0 amide bonds. The van der Waals surface area contributed by atoms with E-state index in [-0.39, 0.29) is 0 Å². The number of piperidine rings is 3. The van der Waals surface area contributed by atoms with Crippen molar-refractivity contribution < 1.29 is 0 Å². The maximum absolute atomic E-state index is 2.79. The van der Waals surface area contributed by atoms with Crippen LogP contribution >= 0.6 is 0 Å². The Kier molecular flexibility index (Phi) is 3.61. The molecule has 4 saturated heterocycles. The summed E-state index contributed by atoms with van der Waals surface area (Å²) in [7, 11) is 4.85. The third kappa shape index (κ3) is 2.12. The molecule has 0 aromatic rings. The van der Waals surface area contributed by atoms with E-state index in [9.17, 15) is 0 Å². The molecule has 21 heavy (non-hydrogen) atoms. The van der Waals surface area contributed by atoms with Crippen molar-refractivity contribution in [2.75, 3.05) is 14.1 Å². The van der Waals surface area contributed by atoms with Crippen molar-refractivity contribution >= 4 is 0 Å². The summed E-state index contributed by atoms with van der Waals surface area (Å²) in [6.07, 6.45) is 10.3. The summed E-state index contributed by atoms with van der Waals surface area (Å²) in [4.78, 5) is 5.56. The lowest BCUT2D eigenvalue weighted by atomic mass is 9.61. The number of nitrogens with zero attached hydrogens (tertiary/aromatic N) is 2. The van der Waals surface area contributed by atoms with Crippen molar-refractivity contribution in [2.24, 2.45) is 23.7 Å². The Morgan fingerprint density at radius 2 is 1.19 bits per heavy atom. The third-order valence-electron chi connectivity index (χ3n) is 7.97. The van der Waals surface area contributed by atoms with Gasteiger partial charge < -0.3 is 9.80 Å². The summed E-state index contributed by atoms with van der Waals surface area (Å²) in [5.41, 5.74) is 0. The molecule has 0 N–H and O–H groups in total. The predicted molar refractivity (Wildman–Crippen MR) is 88.3 cm³/mol. The van der Waals surface area contributed by atoms with E-state index in [0.29, 0.717) is 0 Å². The van der Waals surface area contributed by atoms with Gasteiger partial charge in [-0.2, -0.15) is 0 Å². The minimum absolute atomic E-state index is 0.880. The van der Waals surface area contributed by atoms with E-state index in [1.54, 1.807) is 0 Å². The maximum atomic E-state index is 2.79. The summed E-state index contributed by atoms with van der Waals surface area (Å²) >= 11 is 0. The minimum atomic E-state index is 0.880. The van der Waals surface area contributed by atoms with Gasteiger partial charge in [0.1, 0.15) is 0 Å². The Balaban J connectivity index is 1.64. The van der Waals surface area contributed by atoms with E-state index in [1.807, 2.05) is 0 Å². The molecule has 4 fully saturated rings. The van der Waals surface area contributed by atoms with Crippen LogP contribution in [0.1, 0.15) is 58.8 Å². The smallest absolute Gasteiger partial charge is 0.0130 e. The van der Waals surface area contributed by atoms with Crippen molar-refractivity contribution in [3.05, 3.63) is 0 Å². The summed E-state index contributed by atoms with van der Waals surface area (Å²) < 4.78 is 0. The predicted octanol–water partition coefficient (Wildman–Crippen LogP) is 3.61. The Morgan fingerprint density at radius 3 is 1.81 bits per heavy atom. The van der Waals surface area contributed by atoms with Crippen LogP contribution in [0.25, 0.3) is 0 Å². The third-order valence-corrected chi connectivity index (χ3v) is 7.97. The first-order chi connectivity index (χ1) is 10.1. The molecule has 4 heterocycles. The fourth-order valence-corrected chi connectivity index (χ4v) is 6.98. The Labute approximate surface area is 131 Å². The van der Waals surface area contributed by atoms with Gasteiger partial charge in [0.25, 0.3) is 0 Å². The van der Waals surface area contributed by atoms with Gasteiger partial charge >= 0.3 is 0 Å². The van der Waals surface area contributed by atoms with E-state index in [4.69, 9.17) is 0 Å².